The lowest BCUT2D eigenvalue weighted by Gasteiger charge is -2.33. The monoisotopic (exact) mass is 306 g/mol. The van der Waals surface area contributed by atoms with Crippen LogP contribution in [0.15, 0.2) is 24.3 Å². The summed E-state index contributed by atoms with van der Waals surface area (Å²) in [5.74, 6) is 0.798. The molecule has 0 spiro atoms. The van der Waals surface area contributed by atoms with E-state index in [1.54, 1.807) is 7.11 Å². The Morgan fingerprint density at radius 1 is 1.41 bits per heavy atom. The zero-order valence-electron chi connectivity index (χ0n) is 13.6. The number of aliphatic hydroxyl groups is 1. The maximum absolute atomic E-state index is 12.1. The zero-order chi connectivity index (χ0) is 16.2. The van der Waals surface area contributed by atoms with Crippen LogP contribution in [0.5, 0.6) is 5.75 Å². The zero-order valence-corrected chi connectivity index (χ0v) is 13.6. The van der Waals surface area contributed by atoms with Crippen molar-refractivity contribution in [3.05, 3.63) is 29.8 Å². The molecule has 2 N–H and O–H groups in total. The van der Waals surface area contributed by atoms with E-state index in [2.05, 4.69) is 10.2 Å². The Morgan fingerprint density at radius 2 is 2.09 bits per heavy atom. The second kappa shape index (κ2) is 7.11. The van der Waals surface area contributed by atoms with Crippen molar-refractivity contribution in [3.63, 3.8) is 0 Å². The summed E-state index contributed by atoms with van der Waals surface area (Å²) in [4.78, 5) is 14.2. The first-order chi connectivity index (χ1) is 10.4. The van der Waals surface area contributed by atoms with Crippen LogP contribution in [-0.2, 0) is 11.3 Å². The third-order valence-electron chi connectivity index (χ3n) is 4.17. The predicted molar refractivity (Wildman–Crippen MR) is 85.7 cm³/mol. The summed E-state index contributed by atoms with van der Waals surface area (Å²) in [5, 5.41) is 13.1. The Kier molecular flexibility index (Phi) is 5.42. The molecular formula is C17H26N2O3. The van der Waals surface area contributed by atoms with Crippen LogP contribution in [0.3, 0.4) is 0 Å². The van der Waals surface area contributed by atoms with Crippen molar-refractivity contribution < 1.29 is 14.6 Å². The molecule has 1 amide bonds. The molecule has 2 rings (SSSR count). The van der Waals surface area contributed by atoms with Crippen LogP contribution < -0.4 is 10.1 Å². The van der Waals surface area contributed by atoms with Gasteiger partial charge in [-0.15, -0.1) is 0 Å². The van der Waals surface area contributed by atoms with Crippen LogP contribution in [-0.4, -0.2) is 47.8 Å². The maximum atomic E-state index is 12.1. The second-order valence-electron chi connectivity index (χ2n) is 6.41. The minimum absolute atomic E-state index is 0.00744. The largest absolute Gasteiger partial charge is 0.497 e. The van der Waals surface area contributed by atoms with Crippen LogP contribution in [0.1, 0.15) is 32.3 Å². The van der Waals surface area contributed by atoms with Crippen LogP contribution in [0.4, 0.5) is 0 Å². The molecule has 1 aliphatic rings. The van der Waals surface area contributed by atoms with Gasteiger partial charge in [0.15, 0.2) is 0 Å². The van der Waals surface area contributed by atoms with Gasteiger partial charge in [0.1, 0.15) is 5.75 Å². The Hall–Kier alpha value is -1.59. The minimum Gasteiger partial charge on any atom is -0.497 e. The number of hydrogen-bond donors (Lipinski definition) is 2. The molecule has 1 saturated heterocycles. The summed E-state index contributed by atoms with van der Waals surface area (Å²) >= 11 is 0. The number of ether oxygens (including phenoxy) is 1. The van der Waals surface area contributed by atoms with Gasteiger partial charge < -0.3 is 15.2 Å². The molecule has 5 heteroatoms. The summed E-state index contributed by atoms with van der Waals surface area (Å²) in [5.41, 5.74) is 0.266. The molecule has 1 fully saturated rings. The van der Waals surface area contributed by atoms with E-state index in [9.17, 15) is 9.90 Å². The number of nitrogens with one attached hydrogen (secondary N) is 1. The summed E-state index contributed by atoms with van der Waals surface area (Å²) < 4.78 is 5.11. The maximum Gasteiger partial charge on any atom is 0.234 e. The number of amides is 1. The molecule has 1 heterocycles. The highest BCUT2D eigenvalue weighted by Gasteiger charge is 2.36. The molecule has 0 radical (unpaired) electrons. The van der Waals surface area contributed by atoms with Crippen molar-refractivity contribution >= 4 is 5.91 Å². The van der Waals surface area contributed by atoms with Crippen LogP contribution >= 0.6 is 0 Å². The predicted octanol–water partition coefficient (Wildman–Crippen LogP) is 1.55. The van der Waals surface area contributed by atoms with Gasteiger partial charge in [-0.2, -0.15) is 0 Å². The fourth-order valence-corrected chi connectivity index (χ4v) is 3.00. The molecule has 0 saturated carbocycles. The summed E-state index contributed by atoms with van der Waals surface area (Å²) in [6, 6.07) is 7.70. The topological polar surface area (TPSA) is 61.8 Å². The van der Waals surface area contributed by atoms with E-state index in [0.29, 0.717) is 13.1 Å². The average Bonchev–Trinajstić information content (AvgIpc) is 2.94. The van der Waals surface area contributed by atoms with Crippen molar-refractivity contribution in [2.75, 3.05) is 20.2 Å². The molecule has 5 nitrogen and oxygen atoms in total. The lowest BCUT2D eigenvalue weighted by molar-refractivity contribution is -0.123. The summed E-state index contributed by atoms with van der Waals surface area (Å²) in [6.07, 6.45) is 1.97. The van der Waals surface area contributed by atoms with Crippen LogP contribution in [0, 0.1) is 0 Å². The smallest absolute Gasteiger partial charge is 0.234 e. The van der Waals surface area contributed by atoms with Gasteiger partial charge in [-0.25, -0.2) is 0 Å². The van der Waals surface area contributed by atoms with E-state index in [4.69, 9.17) is 4.74 Å². The number of carbonyl (C=O) groups excluding carboxylic acids is 1. The summed E-state index contributed by atoms with van der Waals surface area (Å²) in [6.45, 7) is 5.33. The van der Waals surface area contributed by atoms with E-state index in [1.807, 2.05) is 38.1 Å². The van der Waals surface area contributed by atoms with E-state index in [0.717, 1.165) is 30.7 Å². The SMILES string of the molecule is COc1ccc(CNC(=O)CN2CCCC2C(C)(C)O)cc1. The third kappa shape index (κ3) is 4.45. The Balaban J connectivity index is 1.82. The lowest BCUT2D eigenvalue weighted by Crippen LogP contribution is -2.48. The first-order valence-corrected chi connectivity index (χ1v) is 7.76. The fraction of sp³-hybridized carbons (Fsp3) is 0.588. The van der Waals surface area contributed by atoms with Gasteiger partial charge >= 0.3 is 0 Å². The van der Waals surface area contributed by atoms with E-state index >= 15 is 0 Å². The first-order valence-electron chi connectivity index (χ1n) is 7.76. The highest BCUT2D eigenvalue weighted by Crippen LogP contribution is 2.26. The standard InChI is InChI=1S/C17H26N2O3/c1-17(2,21)15-5-4-10-19(15)12-16(20)18-11-13-6-8-14(22-3)9-7-13/h6-9,15,21H,4-5,10-12H2,1-3H3,(H,18,20). The van der Waals surface area contributed by atoms with Gasteiger partial charge in [0.05, 0.1) is 19.3 Å². The molecule has 0 aliphatic carbocycles. The highest BCUT2D eigenvalue weighted by molar-refractivity contribution is 5.78. The molecule has 0 aromatic heterocycles. The molecule has 1 atom stereocenters. The third-order valence-corrected chi connectivity index (χ3v) is 4.17. The highest BCUT2D eigenvalue weighted by atomic mass is 16.5. The number of nitrogens with zero attached hydrogens (tertiary/aromatic N) is 1. The van der Waals surface area contributed by atoms with Gasteiger partial charge in [0, 0.05) is 12.6 Å². The van der Waals surface area contributed by atoms with Crippen molar-refractivity contribution in [1.82, 2.24) is 10.2 Å². The van der Waals surface area contributed by atoms with Gasteiger partial charge in [0.25, 0.3) is 0 Å². The lowest BCUT2D eigenvalue weighted by atomic mass is 9.97. The van der Waals surface area contributed by atoms with Crippen molar-refractivity contribution in [2.24, 2.45) is 0 Å². The first kappa shape index (κ1) is 16.8. The second-order valence-corrected chi connectivity index (χ2v) is 6.41. The van der Waals surface area contributed by atoms with Crippen LogP contribution in [0.2, 0.25) is 0 Å². The van der Waals surface area contributed by atoms with E-state index in [1.165, 1.54) is 0 Å². The molecule has 1 aliphatic heterocycles. The Labute approximate surface area is 132 Å². The van der Waals surface area contributed by atoms with Gasteiger partial charge in [-0.3, -0.25) is 9.69 Å². The number of benzene rings is 1. The van der Waals surface area contributed by atoms with Gasteiger partial charge in [-0.1, -0.05) is 12.1 Å². The van der Waals surface area contributed by atoms with Crippen molar-refractivity contribution in [2.45, 2.75) is 44.9 Å². The molecule has 0 bridgehead atoms. The molecular weight excluding hydrogens is 280 g/mol. The molecule has 1 unspecified atom stereocenters. The van der Waals surface area contributed by atoms with Gasteiger partial charge in [0.2, 0.25) is 5.91 Å². The number of likely N-dealkylation sites (tertiary alicyclic amines) is 1. The quantitative estimate of drug-likeness (QED) is 0.837. The number of rotatable bonds is 6. The van der Waals surface area contributed by atoms with Gasteiger partial charge in [-0.05, 0) is 50.9 Å². The Morgan fingerprint density at radius 3 is 2.68 bits per heavy atom. The minimum atomic E-state index is -0.771. The normalized spacial score (nSPS) is 19.2. The fourth-order valence-electron chi connectivity index (χ4n) is 3.00. The Bertz CT molecular complexity index is 494. The molecule has 1 aromatic rings. The van der Waals surface area contributed by atoms with Crippen LogP contribution in [0.25, 0.3) is 0 Å². The molecule has 122 valence electrons. The van der Waals surface area contributed by atoms with E-state index in [-0.39, 0.29) is 11.9 Å². The number of methoxy groups -OCH3 is 1. The average molecular weight is 306 g/mol. The molecule has 1 aromatic carbocycles. The summed E-state index contributed by atoms with van der Waals surface area (Å²) in [7, 11) is 1.63. The van der Waals surface area contributed by atoms with E-state index < -0.39 is 5.60 Å². The van der Waals surface area contributed by atoms with Crippen molar-refractivity contribution in [3.8, 4) is 5.75 Å². The number of carbonyl (C=O) groups is 1. The number of hydrogen-bond acceptors (Lipinski definition) is 4. The molecule has 22 heavy (non-hydrogen) atoms. The van der Waals surface area contributed by atoms with Crippen molar-refractivity contribution in [1.29, 1.82) is 0 Å².